The molecule has 7 nitrogen and oxygen atoms in total. The highest BCUT2D eigenvalue weighted by Crippen LogP contribution is 2.40. The van der Waals surface area contributed by atoms with Crippen molar-refractivity contribution in [2.45, 2.75) is 70.2 Å². The predicted octanol–water partition coefficient (Wildman–Crippen LogP) is 1.51. The van der Waals surface area contributed by atoms with Gasteiger partial charge in [0.1, 0.15) is 6.04 Å². The van der Waals surface area contributed by atoms with Gasteiger partial charge in [0.15, 0.2) is 0 Å². The van der Waals surface area contributed by atoms with Crippen LogP contribution in [-0.2, 0) is 16.1 Å². The van der Waals surface area contributed by atoms with Gasteiger partial charge >= 0.3 is 0 Å². The van der Waals surface area contributed by atoms with Crippen LogP contribution in [0, 0.1) is 0 Å². The van der Waals surface area contributed by atoms with Gasteiger partial charge in [-0.05, 0) is 57.4 Å². The van der Waals surface area contributed by atoms with Gasteiger partial charge in [-0.1, -0.05) is 0 Å². The van der Waals surface area contributed by atoms with Gasteiger partial charge in [0.25, 0.3) is 5.91 Å². The molecule has 1 N–H and O–H groups in total. The zero-order valence-electron chi connectivity index (χ0n) is 17.3. The van der Waals surface area contributed by atoms with E-state index in [-0.39, 0.29) is 29.7 Å². The molecule has 3 atom stereocenters. The summed E-state index contributed by atoms with van der Waals surface area (Å²) in [5.74, 6) is -0.729. The van der Waals surface area contributed by atoms with E-state index in [1.165, 1.54) is 6.42 Å². The van der Waals surface area contributed by atoms with Crippen LogP contribution in [0.25, 0.3) is 0 Å². The Morgan fingerprint density at radius 2 is 1.79 bits per heavy atom. The number of amides is 3. The Kier molecular flexibility index (Phi) is 4.04. The Hall–Kier alpha value is -2.41. The molecule has 29 heavy (non-hydrogen) atoms. The summed E-state index contributed by atoms with van der Waals surface area (Å²) in [6.07, 6.45) is 1.94. The summed E-state index contributed by atoms with van der Waals surface area (Å²) in [6, 6.07) is 6.68. The van der Waals surface area contributed by atoms with Crippen LogP contribution in [0.4, 0.5) is 5.69 Å². The van der Waals surface area contributed by atoms with Crippen molar-refractivity contribution in [2.24, 2.45) is 0 Å². The second-order valence-electron chi connectivity index (χ2n) is 9.77. The van der Waals surface area contributed by atoms with Gasteiger partial charge in [0.2, 0.25) is 11.8 Å². The van der Waals surface area contributed by atoms with Crippen molar-refractivity contribution in [1.29, 1.82) is 0 Å². The number of carbonyl (C=O) groups is 3. The first-order valence-electron chi connectivity index (χ1n) is 10.5. The molecule has 5 heterocycles. The molecule has 4 saturated heterocycles. The molecule has 5 aliphatic heterocycles. The number of piperidine rings is 2. The van der Waals surface area contributed by atoms with E-state index in [4.69, 9.17) is 0 Å². The molecule has 0 saturated carbocycles. The molecule has 3 amide bonds. The van der Waals surface area contributed by atoms with Crippen molar-refractivity contribution in [3.05, 3.63) is 29.3 Å². The molecule has 0 spiro atoms. The van der Waals surface area contributed by atoms with Crippen LogP contribution in [0.1, 0.15) is 56.0 Å². The fourth-order valence-corrected chi connectivity index (χ4v) is 5.67. The normalized spacial score (nSPS) is 29.6. The Bertz CT molecular complexity index is 894. The largest absolute Gasteiger partial charge is 0.368 e. The third kappa shape index (κ3) is 2.94. The molecular weight excluding hydrogens is 368 g/mol. The second-order valence-corrected chi connectivity index (χ2v) is 9.77. The lowest BCUT2D eigenvalue weighted by atomic mass is 9.82. The fraction of sp³-hybridized carbons (Fsp3) is 0.591. The van der Waals surface area contributed by atoms with Crippen LogP contribution in [0.5, 0.6) is 0 Å². The lowest BCUT2D eigenvalue weighted by Gasteiger charge is -2.62. The van der Waals surface area contributed by atoms with Gasteiger partial charge < -0.3 is 9.80 Å². The number of hydrogen-bond acceptors (Lipinski definition) is 5. The van der Waals surface area contributed by atoms with E-state index in [2.05, 4.69) is 42.0 Å². The van der Waals surface area contributed by atoms with Crippen LogP contribution in [0.3, 0.4) is 0 Å². The Labute approximate surface area is 171 Å². The van der Waals surface area contributed by atoms with E-state index in [1.807, 2.05) is 12.1 Å². The predicted molar refractivity (Wildman–Crippen MR) is 108 cm³/mol. The van der Waals surface area contributed by atoms with Crippen molar-refractivity contribution < 1.29 is 14.4 Å². The molecule has 154 valence electrons. The van der Waals surface area contributed by atoms with E-state index in [9.17, 15) is 14.4 Å². The number of fused-ring (bicyclic) bond motifs is 3. The van der Waals surface area contributed by atoms with E-state index < -0.39 is 6.04 Å². The molecule has 6 rings (SSSR count). The standard InChI is InChI=1S/C22H28N4O3/c1-22(2,3)26-15-9-16(26)12-24(11-15)14-4-5-17-13(8-14)10-25(21(17)29)18-6-7-19(27)23-20(18)28/h4-5,8,15-16,18H,6-7,9-12H2,1-3H3,(H,23,27,28)/t15?,16?,18-/m0/s1. The number of benzene rings is 1. The molecule has 0 aromatic heterocycles. The number of nitrogens with one attached hydrogen (secondary N) is 1. The lowest BCUT2D eigenvalue weighted by molar-refractivity contribution is -0.136. The first kappa shape index (κ1) is 18.6. The lowest BCUT2D eigenvalue weighted by Crippen LogP contribution is -2.73. The number of piperazine rings is 1. The van der Waals surface area contributed by atoms with E-state index in [0.29, 0.717) is 30.6 Å². The number of carbonyl (C=O) groups excluding carboxylic acids is 3. The quantitative estimate of drug-likeness (QED) is 0.768. The molecule has 5 aliphatic rings. The molecule has 2 unspecified atom stereocenters. The number of hydrogen-bond donors (Lipinski definition) is 1. The van der Waals surface area contributed by atoms with Gasteiger partial charge in [0.05, 0.1) is 0 Å². The van der Waals surface area contributed by atoms with Crippen molar-refractivity contribution in [1.82, 2.24) is 15.1 Å². The fourth-order valence-electron chi connectivity index (χ4n) is 5.67. The Morgan fingerprint density at radius 3 is 2.45 bits per heavy atom. The zero-order valence-corrected chi connectivity index (χ0v) is 17.3. The highest BCUT2D eigenvalue weighted by molar-refractivity contribution is 6.05. The minimum atomic E-state index is -0.556. The van der Waals surface area contributed by atoms with Gasteiger partial charge in [-0.25, -0.2) is 0 Å². The van der Waals surface area contributed by atoms with Crippen molar-refractivity contribution in [3.63, 3.8) is 0 Å². The van der Waals surface area contributed by atoms with Crippen molar-refractivity contribution >= 4 is 23.4 Å². The maximum absolute atomic E-state index is 12.9. The van der Waals surface area contributed by atoms with Gasteiger partial charge in [-0.2, -0.15) is 0 Å². The minimum absolute atomic E-state index is 0.110. The Balaban J connectivity index is 1.32. The maximum Gasteiger partial charge on any atom is 0.255 e. The molecule has 0 aliphatic carbocycles. The van der Waals surface area contributed by atoms with Crippen LogP contribution >= 0.6 is 0 Å². The summed E-state index contributed by atoms with van der Waals surface area (Å²) in [7, 11) is 0. The third-order valence-electron chi connectivity index (χ3n) is 6.84. The first-order chi connectivity index (χ1) is 13.7. The van der Waals surface area contributed by atoms with Crippen LogP contribution in [0.2, 0.25) is 0 Å². The zero-order chi connectivity index (χ0) is 20.5. The maximum atomic E-state index is 12.9. The smallest absolute Gasteiger partial charge is 0.255 e. The molecule has 1 aromatic rings. The number of imide groups is 1. The van der Waals surface area contributed by atoms with Crippen molar-refractivity contribution in [3.8, 4) is 0 Å². The van der Waals surface area contributed by atoms with Gasteiger partial charge in [-0.15, -0.1) is 0 Å². The SMILES string of the molecule is CC(C)(C)N1C2CC1CN(c1ccc3c(c1)CN([C@H]1CCC(=O)NC1=O)C3=O)C2. The monoisotopic (exact) mass is 396 g/mol. The molecular formula is C22H28N4O3. The molecule has 2 bridgehead atoms. The van der Waals surface area contributed by atoms with Crippen LogP contribution in [0.15, 0.2) is 18.2 Å². The highest BCUT2D eigenvalue weighted by atomic mass is 16.2. The summed E-state index contributed by atoms with van der Waals surface area (Å²) in [5, 5.41) is 2.36. The number of nitrogens with zero attached hydrogens (tertiary/aromatic N) is 3. The third-order valence-corrected chi connectivity index (χ3v) is 6.84. The van der Waals surface area contributed by atoms with Gasteiger partial charge in [0, 0.05) is 54.9 Å². The average Bonchev–Trinajstić information content (AvgIpc) is 2.96. The van der Waals surface area contributed by atoms with Crippen molar-refractivity contribution in [2.75, 3.05) is 18.0 Å². The Morgan fingerprint density at radius 1 is 1.07 bits per heavy atom. The van der Waals surface area contributed by atoms with E-state index in [0.717, 1.165) is 24.3 Å². The van der Waals surface area contributed by atoms with Gasteiger partial charge in [-0.3, -0.25) is 24.6 Å². The average molecular weight is 396 g/mol. The molecule has 0 radical (unpaired) electrons. The summed E-state index contributed by atoms with van der Waals surface area (Å²) >= 11 is 0. The first-order valence-corrected chi connectivity index (χ1v) is 10.5. The van der Waals surface area contributed by atoms with E-state index in [1.54, 1.807) is 4.90 Å². The number of anilines is 1. The van der Waals surface area contributed by atoms with Crippen LogP contribution in [-0.4, -0.2) is 64.3 Å². The van der Waals surface area contributed by atoms with Crippen LogP contribution < -0.4 is 10.2 Å². The second kappa shape index (κ2) is 6.29. The molecule has 7 heteroatoms. The number of rotatable bonds is 2. The van der Waals surface area contributed by atoms with E-state index >= 15 is 0 Å². The topological polar surface area (TPSA) is 73.0 Å². The summed E-state index contributed by atoms with van der Waals surface area (Å²) < 4.78 is 0. The summed E-state index contributed by atoms with van der Waals surface area (Å²) in [4.78, 5) is 43.2. The highest BCUT2D eigenvalue weighted by Gasteiger charge is 2.49. The summed E-state index contributed by atoms with van der Waals surface area (Å²) in [5.41, 5.74) is 3.01. The molecule has 4 fully saturated rings. The minimum Gasteiger partial charge on any atom is -0.368 e. The summed E-state index contributed by atoms with van der Waals surface area (Å²) in [6.45, 7) is 9.31. The molecule has 1 aromatic carbocycles.